The van der Waals surface area contributed by atoms with Crippen molar-refractivity contribution in [2.75, 3.05) is 12.3 Å². The van der Waals surface area contributed by atoms with Gasteiger partial charge in [0.25, 0.3) is 0 Å². The second-order valence-corrected chi connectivity index (χ2v) is 9.35. The molecule has 0 aromatic heterocycles. The van der Waals surface area contributed by atoms with Gasteiger partial charge in [-0.1, -0.05) is 19.1 Å². The van der Waals surface area contributed by atoms with Gasteiger partial charge in [0.15, 0.2) is 9.84 Å². The van der Waals surface area contributed by atoms with Crippen molar-refractivity contribution in [2.45, 2.75) is 69.1 Å². The molecule has 1 saturated heterocycles. The zero-order valence-corrected chi connectivity index (χ0v) is 15.1. The minimum absolute atomic E-state index is 0.150. The van der Waals surface area contributed by atoms with E-state index in [0.717, 1.165) is 18.2 Å². The highest BCUT2D eigenvalue weighted by molar-refractivity contribution is 7.91. The first-order valence-corrected chi connectivity index (χ1v) is 10.4. The number of benzene rings is 1. The molecule has 0 amide bonds. The Morgan fingerprint density at radius 2 is 1.91 bits per heavy atom. The molecule has 1 aromatic rings. The Morgan fingerprint density at radius 1 is 1.26 bits per heavy atom. The molecule has 1 saturated carbocycles. The van der Waals surface area contributed by atoms with E-state index in [0.29, 0.717) is 17.0 Å². The van der Waals surface area contributed by atoms with Crippen LogP contribution in [-0.4, -0.2) is 43.7 Å². The van der Waals surface area contributed by atoms with E-state index in [1.165, 1.54) is 19.3 Å². The Kier molecular flexibility index (Phi) is 4.81. The lowest BCUT2D eigenvalue weighted by Crippen LogP contribution is -2.35. The van der Waals surface area contributed by atoms with Crippen molar-refractivity contribution in [3.8, 4) is 0 Å². The van der Waals surface area contributed by atoms with Gasteiger partial charge in [-0.2, -0.15) is 0 Å². The summed E-state index contributed by atoms with van der Waals surface area (Å²) < 4.78 is 23.8. The van der Waals surface area contributed by atoms with Crippen LogP contribution in [-0.2, 0) is 9.84 Å². The molecule has 23 heavy (non-hydrogen) atoms. The maximum absolute atomic E-state index is 11.9. The molecule has 2 fully saturated rings. The van der Waals surface area contributed by atoms with Gasteiger partial charge in [-0.05, 0) is 50.8 Å². The quantitative estimate of drug-likeness (QED) is 0.868. The largest absolute Gasteiger partial charge is 0.306 e. The van der Waals surface area contributed by atoms with Crippen molar-refractivity contribution in [2.24, 2.45) is 0 Å². The van der Waals surface area contributed by atoms with E-state index in [9.17, 15) is 8.42 Å². The second-order valence-electron chi connectivity index (χ2n) is 7.07. The Bertz CT molecular complexity index is 637. The second kappa shape index (κ2) is 6.54. The molecule has 1 aromatic carbocycles. The molecule has 2 aliphatic rings. The smallest absolute Gasteiger partial charge is 0.178 e. The predicted octanol–water partition coefficient (Wildman–Crippen LogP) is 2.76. The zero-order valence-electron chi connectivity index (χ0n) is 14.3. The van der Waals surface area contributed by atoms with Gasteiger partial charge >= 0.3 is 0 Å². The van der Waals surface area contributed by atoms with Crippen molar-refractivity contribution in [1.82, 2.24) is 10.2 Å². The SMILES string of the molecule is CCS(=O)(=O)c1ccc([C@H](C)N[C@@H]2C[C@@H](C)N(C3CC3)C2)cc1. The normalized spacial score (nSPS) is 27.3. The summed E-state index contributed by atoms with van der Waals surface area (Å²) >= 11 is 0. The van der Waals surface area contributed by atoms with Crippen molar-refractivity contribution < 1.29 is 8.42 Å². The number of rotatable bonds is 6. The van der Waals surface area contributed by atoms with E-state index in [-0.39, 0.29) is 11.8 Å². The fourth-order valence-electron chi connectivity index (χ4n) is 3.67. The molecule has 1 heterocycles. The van der Waals surface area contributed by atoms with Gasteiger partial charge in [0.2, 0.25) is 0 Å². The van der Waals surface area contributed by atoms with Gasteiger partial charge in [-0.15, -0.1) is 0 Å². The Morgan fingerprint density at radius 3 is 2.48 bits per heavy atom. The van der Waals surface area contributed by atoms with Gasteiger partial charge < -0.3 is 5.32 Å². The number of hydrogen-bond donors (Lipinski definition) is 1. The molecule has 128 valence electrons. The molecule has 1 aliphatic carbocycles. The molecule has 0 unspecified atom stereocenters. The van der Waals surface area contributed by atoms with Gasteiger partial charge in [0.05, 0.1) is 10.6 Å². The summed E-state index contributed by atoms with van der Waals surface area (Å²) in [5, 5.41) is 3.72. The van der Waals surface area contributed by atoms with E-state index in [2.05, 4.69) is 24.1 Å². The average Bonchev–Trinajstić information content (AvgIpc) is 3.31. The summed E-state index contributed by atoms with van der Waals surface area (Å²) in [5.41, 5.74) is 1.15. The van der Waals surface area contributed by atoms with Crippen LogP contribution in [0.2, 0.25) is 0 Å². The first-order valence-electron chi connectivity index (χ1n) is 8.75. The van der Waals surface area contributed by atoms with Gasteiger partial charge in [0.1, 0.15) is 0 Å². The topological polar surface area (TPSA) is 49.4 Å². The molecule has 1 aliphatic heterocycles. The maximum atomic E-state index is 11.9. The minimum atomic E-state index is -3.11. The fraction of sp³-hybridized carbons (Fsp3) is 0.667. The van der Waals surface area contributed by atoms with E-state index in [4.69, 9.17) is 0 Å². The van der Waals surface area contributed by atoms with Gasteiger partial charge in [-0.25, -0.2) is 8.42 Å². The predicted molar refractivity (Wildman–Crippen MR) is 93.3 cm³/mol. The first kappa shape index (κ1) is 16.9. The van der Waals surface area contributed by atoms with Crippen LogP contribution in [0.25, 0.3) is 0 Å². The molecule has 0 radical (unpaired) electrons. The van der Waals surface area contributed by atoms with Crippen LogP contribution in [0.1, 0.15) is 51.6 Å². The van der Waals surface area contributed by atoms with E-state index in [1.807, 2.05) is 12.1 Å². The Balaban J connectivity index is 1.61. The number of likely N-dealkylation sites (tertiary alicyclic amines) is 1. The van der Waals surface area contributed by atoms with Crippen LogP contribution in [0.15, 0.2) is 29.2 Å². The lowest BCUT2D eigenvalue weighted by atomic mass is 10.1. The van der Waals surface area contributed by atoms with Crippen molar-refractivity contribution >= 4 is 9.84 Å². The molecule has 3 rings (SSSR count). The zero-order chi connectivity index (χ0) is 16.6. The third-order valence-corrected chi connectivity index (χ3v) is 6.99. The lowest BCUT2D eigenvalue weighted by molar-refractivity contribution is 0.254. The molecular weight excluding hydrogens is 308 g/mol. The van der Waals surface area contributed by atoms with Gasteiger partial charge in [-0.3, -0.25) is 4.90 Å². The Hall–Kier alpha value is -0.910. The van der Waals surface area contributed by atoms with Crippen LogP contribution in [0, 0.1) is 0 Å². The monoisotopic (exact) mass is 336 g/mol. The lowest BCUT2D eigenvalue weighted by Gasteiger charge is -2.21. The van der Waals surface area contributed by atoms with Crippen LogP contribution in [0.5, 0.6) is 0 Å². The summed E-state index contributed by atoms with van der Waals surface area (Å²) in [4.78, 5) is 3.06. The molecular formula is C18H28N2O2S. The van der Waals surface area contributed by atoms with Crippen molar-refractivity contribution in [3.63, 3.8) is 0 Å². The van der Waals surface area contributed by atoms with Crippen molar-refractivity contribution in [1.29, 1.82) is 0 Å². The standard InChI is InChI=1S/C18H28N2O2S/c1-4-23(21,22)18-9-5-15(6-10-18)14(3)19-16-11-13(2)20(12-16)17-7-8-17/h5-6,9-10,13-14,16-17,19H,4,7-8,11-12H2,1-3H3/t13-,14+,16-/m1/s1. The van der Waals surface area contributed by atoms with Crippen LogP contribution < -0.4 is 5.32 Å². The van der Waals surface area contributed by atoms with Gasteiger partial charge in [0, 0.05) is 30.7 Å². The van der Waals surface area contributed by atoms with Crippen LogP contribution >= 0.6 is 0 Å². The number of sulfone groups is 1. The Labute approximate surface area is 140 Å². The number of hydrogen-bond acceptors (Lipinski definition) is 4. The summed E-state index contributed by atoms with van der Waals surface area (Å²) in [6.45, 7) is 7.31. The summed E-state index contributed by atoms with van der Waals surface area (Å²) in [6, 6.07) is 9.62. The first-order chi connectivity index (χ1) is 10.9. The fourth-order valence-corrected chi connectivity index (χ4v) is 4.56. The minimum Gasteiger partial charge on any atom is -0.306 e. The molecule has 0 spiro atoms. The highest BCUT2D eigenvalue weighted by Crippen LogP contribution is 2.33. The van der Waals surface area contributed by atoms with E-state index in [1.54, 1.807) is 19.1 Å². The van der Waals surface area contributed by atoms with E-state index >= 15 is 0 Å². The summed E-state index contributed by atoms with van der Waals surface area (Å²) in [5.74, 6) is 0.150. The summed E-state index contributed by atoms with van der Waals surface area (Å²) in [7, 11) is -3.11. The van der Waals surface area contributed by atoms with Crippen molar-refractivity contribution in [3.05, 3.63) is 29.8 Å². The summed E-state index contributed by atoms with van der Waals surface area (Å²) in [6.07, 6.45) is 3.92. The molecule has 3 atom stereocenters. The van der Waals surface area contributed by atoms with E-state index < -0.39 is 9.84 Å². The molecule has 4 nitrogen and oxygen atoms in total. The van der Waals surface area contributed by atoms with Crippen LogP contribution in [0.4, 0.5) is 0 Å². The third-order valence-electron chi connectivity index (χ3n) is 5.24. The average molecular weight is 337 g/mol. The highest BCUT2D eigenvalue weighted by Gasteiger charge is 2.38. The highest BCUT2D eigenvalue weighted by atomic mass is 32.2. The maximum Gasteiger partial charge on any atom is 0.178 e. The molecule has 5 heteroatoms. The van der Waals surface area contributed by atoms with Crippen LogP contribution in [0.3, 0.4) is 0 Å². The number of nitrogens with one attached hydrogen (secondary N) is 1. The number of nitrogens with zero attached hydrogens (tertiary/aromatic N) is 1. The molecule has 1 N–H and O–H groups in total. The third kappa shape index (κ3) is 3.78. The molecule has 0 bridgehead atoms.